The molecular weight excluding hydrogens is 458 g/mol. The number of nitro groups is 1. The molecule has 0 bridgehead atoms. The lowest BCUT2D eigenvalue weighted by molar-refractivity contribution is -0.385. The molecule has 35 heavy (non-hydrogen) atoms. The molecule has 2 aliphatic heterocycles. The normalized spacial score (nSPS) is 25.5. The van der Waals surface area contributed by atoms with Gasteiger partial charge in [0.15, 0.2) is 11.6 Å². The maximum Gasteiger partial charge on any atom is 0.309 e. The fourth-order valence-corrected chi connectivity index (χ4v) is 5.33. The molecule has 0 aromatic heterocycles. The van der Waals surface area contributed by atoms with E-state index >= 15 is 0 Å². The minimum absolute atomic E-state index is 0.0561. The third kappa shape index (κ3) is 5.11. The first-order valence-electron chi connectivity index (χ1n) is 12.3. The number of esters is 1. The van der Waals surface area contributed by atoms with E-state index in [4.69, 9.17) is 23.7 Å². The van der Waals surface area contributed by atoms with Gasteiger partial charge in [-0.25, -0.2) is 0 Å². The van der Waals surface area contributed by atoms with E-state index in [0.717, 1.165) is 0 Å². The Kier molecular flexibility index (Phi) is 6.65. The van der Waals surface area contributed by atoms with Gasteiger partial charge in [0.05, 0.1) is 48.2 Å². The van der Waals surface area contributed by atoms with Crippen molar-refractivity contribution in [2.75, 3.05) is 26.4 Å². The lowest BCUT2D eigenvalue weighted by atomic mass is 9.82. The van der Waals surface area contributed by atoms with Crippen LogP contribution in [0.15, 0.2) is 24.3 Å². The molecule has 4 fully saturated rings. The molecule has 10 heteroatoms. The third-order valence-corrected chi connectivity index (χ3v) is 7.77. The summed E-state index contributed by atoms with van der Waals surface area (Å²) in [5, 5.41) is 11.2. The number of carbonyl (C=O) groups is 2. The Morgan fingerprint density at radius 1 is 0.943 bits per heavy atom. The second kappa shape index (κ2) is 9.57. The summed E-state index contributed by atoms with van der Waals surface area (Å²) >= 11 is 0. The first kappa shape index (κ1) is 24.3. The van der Waals surface area contributed by atoms with Crippen LogP contribution in [0.3, 0.4) is 0 Å². The summed E-state index contributed by atoms with van der Waals surface area (Å²) < 4.78 is 30.1. The van der Waals surface area contributed by atoms with E-state index in [1.54, 1.807) is 18.2 Å². The summed E-state index contributed by atoms with van der Waals surface area (Å²) in [6, 6.07) is 6.26. The highest BCUT2D eigenvalue weighted by Gasteiger charge is 2.52. The number of rotatable bonds is 4. The summed E-state index contributed by atoms with van der Waals surface area (Å²) in [7, 11) is 0. The van der Waals surface area contributed by atoms with Gasteiger partial charge in [-0.15, -0.1) is 0 Å². The van der Waals surface area contributed by atoms with Gasteiger partial charge >= 0.3 is 5.97 Å². The van der Waals surface area contributed by atoms with Crippen LogP contribution in [0.25, 0.3) is 0 Å². The van der Waals surface area contributed by atoms with Crippen molar-refractivity contribution in [3.8, 4) is 0 Å². The van der Waals surface area contributed by atoms with E-state index in [1.165, 1.54) is 6.07 Å². The standard InChI is InChI=1S/C25H31NO9/c27-20-7-11-25(12-8-20)34-16-23(17-35-25)14-32-24(33-15-23)9-5-18(6-10-24)22(28)31-13-19-3-1-2-4-21(19)26(29)30/h1-4,18H,5-17H2. The monoisotopic (exact) mass is 489 g/mol. The molecular formula is C25H31NO9. The Bertz CT molecular complexity index is 953. The third-order valence-electron chi connectivity index (χ3n) is 7.77. The summed E-state index contributed by atoms with van der Waals surface area (Å²) in [4.78, 5) is 34.8. The fraction of sp³-hybridized carbons (Fsp3) is 0.680. The number of Topliss-reactive ketones (excluding diaryl/α,β-unsaturated/α-hetero) is 1. The summed E-state index contributed by atoms with van der Waals surface area (Å²) in [6.45, 7) is 1.72. The smallest absolute Gasteiger partial charge is 0.309 e. The minimum Gasteiger partial charge on any atom is -0.460 e. The van der Waals surface area contributed by atoms with Gasteiger partial charge in [0, 0.05) is 44.6 Å². The molecule has 190 valence electrons. The largest absolute Gasteiger partial charge is 0.460 e. The van der Waals surface area contributed by atoms with Crippen molar-refractivity contribution in [3.63, 3.8) is 0 Å². The molecule has 0 N–H and O–H groups in total. The Morgan fingerprint density at radius 3 is 2.06 bits per heavy atom. The van der Waals surface area contributed by atoms with E-state index in [9.17, 15) is 19.7 Å². The van der Waals surface area contributed by atoms with Crippen molar-refractivity contribution in [3.05, 3.63) is 39.9 Å². The lowest BCUT2D eigenvalue weighted by Gasteiger charge is -2.52. The first-order valence-corrected chi connectivity index (χ1v) is 12.3. The number of nitrogens with zero attached hydrogens (tertiary/aromatic N) is 1. The molecule has 5 rings (SSSR count). The highest BCUT2D eigenvalue weighted by atomic mass is 16.7. The average molecular weight is 490 g/mol. The number of ketones is 1. The van der Waals surface area contributed by atoms with Crippen molar-refractivity contribution in [2.24, 2.45) is 11.3 Å². The van der Waals surface area contributed by atoms with Crippen molar-refractivity contribution < 1.29 is 38.2 Å². The summed E-state index contributed by atoms with van der Waals surface area (Å²) in [6.07, 6.45) is 4.46. The van der Waals surface area contributed by atoms with E-state index in [0.29, 0.717) is 83.4 Å². The first-order chi connectivity index (χ1) is 16.8. The van der Waals surface area contributed by atoms with E-state index in [2.05, 4.69) is 0 Å². The van der Waals surface area contributed by atoms with E-state index < -0.39 is 16.5 Å². The Labute approximate surface area is 203 Å². The number of carbonyl (C=O) groups excluding carboxylic acids is 2. The molecule has 2 saturated heterocycles. The van der Waals surface area contributed by atoms with Gasteiger partial charge in [-0.1, -0.05) is 12.1 Å². The number of ether oxygens (including phenoxy) is 5. The van der Waals surface area contributed by atoms with E-state index in [1.807, 2.05) is 0 Å². The van der Waals surface area contributed by atoms with Gasteiger partial charge in [-0.05, 0) is 18.9 Å². The van der Waals surface area contributed by atoms with E-state index in [-0.39, 0.29) is 35.4 Å². The number of nitro benzene ring substituents is 1. The van der Waals surface area contributed by atoms with Gasteiger partial charge in [-0.3, -0.25) is 19.7 Å². The molecule has 0 atom stereocenters. The zero-order valence-corrected chi connectivity index (χ0v) is 19.7. The zero-order chi connectivity index (χ0) is 24.5. The highest BCUT2D eigenvalue weighted by Crippen LogP contribution is 2.45. The molecule has 2 aliphatic carbocycles. The topological polar surface area (TPSA) is 123 Å². The average Bonchev–Trinajstić information content (AvgIpc) is 2.89. The highest BCUT2D eigenvalue weighted by molar-refractivity contribution is 5.79. The van der Waals surface area contributed by atoms with Crippen molar-refractivity contribution in [1.82, 2.24) is 0 Å². The molecule has 2 heterocycles. The van der Waals surface area contributed by atoms with Gasteiger partial charge in [-0.2, -0.15) is 0 Å². The Morgan fingerprint density at radius 2 is 1.49 bits per heavy atom. The maximum absolute atomic E-state index is 12.6. The van der Waals surface area contributed by atoms with Crippen LogP contribution >= 0.6 is 0 Å². The summed E-state index contributed by atoms with van der Waals surface area (Å²) in [5.41, 5.74) is -0.0432. The minimum atomic E-state index is -0.716. The Hall–Kier alpha value is -2.40. The van der Waals surface area contributed by atoms with Gasteiger partial charge in [0.25, 0.3) is 5.69 Å². The fourth-order valence-electron chi connectivity index (χ4n) is 5.33. The van der Waals surface area contributed by atoms with Crippen LogP contribution < -0.4 is 0 Å². The van der Waals surface area contributed by atoms with Crippen LogP contribution in [0.5, 0.6) is 0 Å². The van der Waals surface area contributed by atoms with Crippen molar-refractivity contribution in [2.45, 2.75) is 69.5 Å². The Balaban J connectivity index is 1.08. The van der Waals surface area contributed by atoms with Gasteiger partial charge in [0.1, 0.15) is 12.4 Å². The van der Waals surface area contributed by atoms with Crippen LogP contribution in [-0.4, -0.2) is 54.7 Å². The summed E-state index contributed by atoms with van der Waals surface area (Å²) in [5.74, 6) is -1.74. The van der Waals surface area contributed by atoms with Crippen molar-refractivity contribution >= 4 is 17.4 Å². The van der Waals surface area contributed by atoms with Crippen molar-refractivity contribution in [1.29, 1.82) is 0 Å². The van der Waals surface area contributed by atoms with Crippen LogP contribution in [-0.2, 0) is 39.9 Å². The molecule has 10 nitrogen and oxygen atoms in total. The maximum atomic E-state index is 12.6. The van der Waals surface area contributed by atoms with Gasteiger partial charge in [0.2, 0.25) is 0 Å². The molecule has 1 aromatic rings. The lowest BCUT2D eigenvalue weighted by Crippen LogP contribution is -2.60. The molecule has 1 aromatic carbocycles. The predicted octanol–water partition coefficient (Wildman–Crippen LogP) is 3.44. The number of benzene rings is 1. The molecule has 2 saturated carbocycles. The molecule has 0 unspecified atom stereocenters. The molecule has 3 spiro atoms. The molecule has 0 radical (unpaired) electrons. The number of hydrogen-bond acceptors (Lipinski definition) is 9. The van der Waals surface area contributed by atoms with Gasteiger partial charge < -0.3 is 23.7 Å². The molecule has 0 amide bonds. The second-order valence-electron chi connectivity index (χ2n) is 10.3. The van der Waals surface area contributed by atoms with Crippen LogP contribution in [0, 0.1) is 21.4 Å². The predicted molar refractivity (Wildman–Crippen MR) is 120 cm³/mol. The van der Waals surface area contributed by atoms with Crippen LogP contribution in [0.2, 0.25) is 0 Å². The zero-order valence-electron chi connectivity index (χ0n) is 19.7. The second-order valence-corrected chi connectivity index (χ2v) is 10.3. The number of hydrogen-bond donors (Lipinski definition) is 0. The quantitative estimate of drug-likeness (QED) is 0.355. The number of para-hydroxylation sites is 1. The van der Waals surface area contributed by atoms with Crippen LogP contribution in [0.4, 0.5) is 5.69 Å². The molecule has 4 aliphatic rings. The SMILES string of the molecule is O=C1CCC2(CC1)OCC1(CO2)COC2(CCC(C(=O)OCc3ccccc3[N+](=O)[O-])CC2)OC1. The van der Waals surface area contributed by atoms with Crippen LogP contribution in [0.1, 0.15) is 56.9 Å².